The zero-order chi connectivity index (χ0) is 19.4. The van der Waals surface area contributed by atoms with Crippen molar-refractivity contribution in [3.05, 3.63) is 82.6 Å². The maximum Gasteiger partial charge on any atom is 0.308 e. The number of rotatable bonds is 5. The molecule has 5 nitrogen and oxygen atoms in total. The van der Waals surface area contributed by atoms with Crippen LogP contribution in [0.4, 0.5) is 10.1 Å². The lowest BCUT2D eigenvalue weighted by Crippen LogP contribution is -2.13. The van der Waals surface area contributed by atoms with E-state index in [1.54, 1.807) is 36.4 Å². The highest BCUT2D eigenvalue weighted by Crippen LogP contribution is 2.24. The molecule has 0 aliphatic heterocycles. The van der Waals surface area contributed by atoms with Gasteiger partial charge in [0.15, 0.2) is 0 Å². The van der Waals surface area contributed by atoms with Crippen molar-refractivity contribution in [2.75, 3.05) is 4.72 Å². The zero-order valence-electron chi connectivity index (χ0n) is 14.2. The third kappa shape index (κ3) is 4.69. The van der Waals surface area contributed by atoms with Gasteiger partial charge in [-0.1, -0.05) is 42.0 Å². The lowest BCUT2D eigenvalue weighted by atomic mass is 10.1. The van der Waals surface area contributed by atoms with Crippen molar-refractivity contribution in [2.45, 2.75) is 11.8 Å². The fraction of sp³-hybridized carbons (Fsp3) is 0.0526. The van der Waals surface area contributed by atoms with E-state index in [-0.39, 0.29) is 9.92 Å². The SMILES string of the molecule is Cc1cc(NS(=O)(=O)c2ccccc2Cl)ccc1/C=C/c1cnc(F)nc1. The lowest BCUT2D eigenvalue weighted by molar-refractivity contribution is 0.538. The molecule has 0 aliphatic rings. The van der Waals surface area contributed by atoms with Gasteiger partial charge in [0.2, 0.25) is 0 Å². The summed E-state index contributed by atoms with van der Waals surface area (Å²) in [5.41, 5.74) is 2.81. The molecule has 0 aliphatic carbocycles. The molecule has 1 heterocycles. The number of hydrogen-bond acceptors (Lipinski definition) is 4. The summed E-state index contributed by atoms with van der Waals surface area (Å²) in [6, 6.07) is 11.4. The van der Waals surface area contributed by atoms with Gasteiger partial charge in [0.05, 0.1) is 5.02 Å². The summed E-state index contributed by atoms with van der Waals surface area (Å²) in [5, 5.41) is 0.155. The van der Waals surface area contributed by atoms with E-state index in [4.69, 9.17) is 11.6 Å². The first-order chi connectivity index (χ1) is 12.8. The molecule has 0 amide bonds. The molecule has 3 aromatic rings. The van der Waals surface area contributed by atoms with Crippen LogP contribution >= 0.6 is 11.6 Å². The topological polar surface area (TPSA) is 72.0 Å². The Bertz CT molecular complexity index is 1100. The Labute approximate surface area is 161 Å². The molecule has 1 aromatic heterocycles. The van der Waals surface area contributed by atoms with E-state index in [9.17, 15) is 12.8 Å². The summed E-state index contributed by atoms with van der Waals surface area (Å²) in [5.74, 6) is 0. The average molecular weight is 404 g/mol. The fourth-order valence-electron chi connectivity index (χ4n) is 2.39. The molecule has 2 aromatic carbocycles. The minimum absolute atomic E-state index is 0.0181. The number of aromatic nitrogens is 2. The number of anilines is 1. The van der Waals surface area contributed by atoms with Crippen molar-refractivity contribution in [2.24, 2.45) is 0 Å². The molecule has 0 atom stereocenters. The minimum atomic E-state index is -3.78. The molecule has 1 N–H and O–H groups in total. The predicted molar refractivity (Wildman–Crippen MR) is 104 cm³/mol. The Hall–Kier alpha value is -2.77. The smallest absolute Gasteiger partial charge is 0.280 e. The molecule has 0 unspecified atom stereocenters. The van der Waals surface area contributed by atoms with Gasteiger partial charge in [0, 0.05) is 23.6 Å². The van der Waals surface area contributed by atoms with Crippen molar-refractivity contribution in [1.82, 2.24) is 9.97 Å². The van der Waals surface area contributed by atoms with Crippen molar-refractivity contribution < 1.29 is 12.8 Å². The number of sulfonamides is 1. The van der Waals surface area contributed by atoms with E-state index in [1.165, 1.54) is 24.5 Å². The zero-order valence-corrected chi connectivity index (χ0v) is 15.8. The predicted octanol–water partition coefficient (Wildman–Crippen LogP) is 4.55. The fourth-order valence-corrected chi connectivity index (χ4v) is 3.96. The number of halogens is 2. The third-order valence-corrected chi connectivity index (χ3v) is 5.62. The van der Waals surface area contributed by atoms with Gasteiger partial charge in [-0.05, 0) is 42.3 Å². The van der Waals surface area contributed by atoms with Gasteiger partial charge in [-0.25, -0.2) is 18.4 Å². The van der Waals surface area contributed by atoms with Crippen LogP contribution < -0.4 is 4.72 Å². The standard InChI is InChI=1S/C19H15ClFN3O2S/c1-13-10-16(24-27(25,26)18-5-3-2-4-17(18)20)9-8-15(13)7-6-14-11-22-19(21)23-12-14/h2-12,24H,1H3/b7-6+. The molecule has 8 heteroatoms. The Balaban J connectivity index is 1.80. The summed E-state index contributed by atoms with van der Waals surface area (Å²) in [4.78, 5) is 6.99. The minimum Gasteiger partial charge on any atom is -0.280 e. The third-order valence-electron chi connectivity index (χ3n) is 3.74. The van der Waals surface area contributed by atoms with Gasteiger partial charge in [0.25, 0.3) is 10.0 Å². The molecule has 138 valence electrons. The molecular weight excluding hydrogens is 389 g/mol. The number of benzene rings is 2. The van der Waals surface area contributed by atoms with Crippen LogP contribution in [0.1, 0.15) is 16.7 Å². The Morgan fingerprint density at radius 2 is 1.78 bits per heavy atom. The molecule has 0 fully saturated rings. The second-order valence-electron chi connectivity index (χ2n) is 5.73. The van der Waals surface area contributed by atoms with E-state index < -0.39 is 16.1 Å². The first-order valence-electron chi connectivity index (χ1n) is 7.89. The lowest BCUT2D eigenvalue weighted by Gasteiger charge is -2.11. The monoisotopic (exact) mass is 403 g/mol. The Morgan fingerprint density at radius 3 is 2.44 bits per heavy atom. The van der Waals surface area contributed by atoms with Gasteiger partial charge in [0.1, 0.15) is 4.90 Å². The second kappa shape index (κ2) is 7.85. The number of nitrogens with one attached hydrogen (secondary N) is 1. The molecule has 0 saturated heterocycles. The summed E-state index contributed by atoms with van der Waals surface area (Å²) in [7, 11) is -3.78. The van der Waals surface area contributed by atoms with Crippen LogP contribution in [0.25, 0.3) is 12.2 Å². The van der Waals surface area contributed by atoms with Gasteiger partial charge in [-0.15, -0.1) is 0 Å². The van der Waals surface area contributed by atoms with Gasteiger partial charge < -0.3 is 0 Å². The van der Waals surface area contributed by atoms with Gasteiger partial charge >= 0.3 is 6.08 Å². The van der Waals surface area contributed by atoms with Gasteiger partial charge in [-0.3, -0.25) is 4.72 Å². The van der Waals surface area contributed by atoms with Crippen LogP contribution in [0.2, 0.25) is 5.02 Å². The molecular formula is C19H15ClFN3O2S. The van der Waals surface area contributed by atoms with Crippen LogP contribution in [-0.4, -0.2) is 18.4 Å². The maximum atomic E-state index is 12.7. The van der Waals surface area contributed by atoms with E-state index in [2.05, 4.69) is 14.7 Å². The van der Waals surface area contributed by atoms with E-state index in [1.807, 2.05) is 13.0 Å². The molecule has 0 saturated carbocycles. The van der Waals surface area contributed by atoms with Crippen molar-refractivity contribution >= 4 is 39.5 Å². The first-order valence-corrected chi connectivity index (χ1v) is 9.75. The molecule has 0 bridgehead atoms. The number of aryl methyl sites for hydroxylation is 1. The largest absolute Gasteiger partial charge is 0.308 e. The van der Waals surface area contributed by atoms with Crippen LogP contribution in [0.15, 0.2) is 59.8 Å². The summed E-state index contributed by atoms with van der Waals surface area (Å²) in [6.07, 6.45) is 5.53. The van der Waals surface area contributed by atoms with Crippen LogP contribution in [0.3, 0.4) is 0 Å². The average Bonchev–Trinajstić information content (AvgIpc) is 2.62. The summed E-state index contributed by atoms with van der Waals surface area (Å²) < 4.78 is 40.3. The quantitative estimate of drug-likeness (QED) is 0.634. The van der Waals surface area contributed by atoms with Crippen LogP contribution in [-0.2, 0) is 10.0 Å². The highest BCUT2D eigenvalue weighted by atomic mass is 35.5. The highest BCUT2D eigenvalue weighted by Gasteiger charge is 2.17. The van der Waals surface area contributed by atoms with E-state index in [0.717, 1.165) is 11.1 Å². The van der Waals surface area contributed by atoms with Crippen molar-refractivity contribution in [3.63, 3.8) is 0 Å². The molecule has 0 radical (unpaired) electrons. The molecule has 0 spiro atoms. The normalized spacial score (nSPS) is 11.7. The van der Waals surface area contributed by atoms with Crippen molar-refractivity contribution in [1.29, 1.82) is 0 Å². The number of nitrogens with zero attached hydrogens (tertiary/aromatic N) is 2. The Kier molecular flexibility index (Phi) is 5.53. The Morgan fingerprint density at radius 1 is 1.07 bits per heavy atom. The second-order valence-corrected chi connectivity index (χ2v) is 7.78. The van der Waals surface area contributed by atoms with Crippen LogP contribution in [0, 0.1) is 13.0 Å². The maximum absolute atomic E-state index is 12.7. The molecule has 27 heavy (non-hydrogen) atoms. The van der Waals surface area contributed by atoms with Crippen LogP contribution in [0.5, 0.6) is 0 Å². The molecule has 3 rings (SSSR count). The summed E-state index contributed by atoms with van der Waals surface area (Å²) in [6.45, 7) is 1.86. The van der Waals surface area contributed by atoms with Gasteiger partial charge in [-0.2, -0.15) is 4.39 Å². The summed E-state index contributed by atoms with van der Waals surface area (Å²) >= 11 is 5.98. The van der Waals surface area contributed by atoms with Crippen molar-refractivity contribution in [3.8, 4) is 0 Å². The first kappa shape index (κ1) is 19.0. The van der Waals surface area contributed by atoms with E-state index in [0.29, 0.717) is 11.3 Å². The van der Waals surface area contributed by atoms with E-state index >= 15 is 0 Å². The highest BCUT2D eigenvalue weighted by molar-refractivity contribution is 7.92. The number of hydrogen-bond donors (Lipinski definition) is 1.